The van der Waals surface area contributed by atoms with Crippen molar-refractivity contribution in [3.63, 3.8) is 0 Å². The number of amides is 1. The summed E-state index contributed by atoms with van der Waals surface area (Å²) in [5.74, 6) is -0.117. The molecular weight excluding hydrogens is 410 g/mol. The maximum atomic E-state index is 13.4. The Hall–Kier alpha value is -2.13. The molecule has 4 heterocycles. The molecule has 8 heteroatoms. The number of thiazole rings is 2. The number of benzene rings is 1. The first kappa shape index (κ1) is 17.9. The second-order valence-electron chi connectivity index (χ2n) is 6.53. The van der Waals surface area contributed by atoms with E-state index in [1.54, 1.807) is 16.2 Å². The summed E-state index contributed by atoms with van der Waals surface area (Å²) >= 11 is 4.66. The molecule has 0 bridgehead atoms. The Morgan fingerprint density at radius 1 is 1.18 bits per heavy atom. The SMILES string of the molecule is O=C(c1csc(-c2cccs2)n1)N(C[C@@H]1CCCO1)c1nc2ccccc2s1. The van der Waals surface area contributed by atoms with Crippen LogP contribution in [0.1, 0.15) is 23.3 Å². The minimum atomic E-state index is -0.117. The van der Waals surface area contributed by atoms with E-state index in [0.717, 1.165) is 39.5 Å². The first-order valence-corrected chi connectivity index (χ1v) is 11.6. The van der Waals surface area contributed by atoms with Gasteiger partial charge in [0.2, 0.25) is 0 Å². The van der Waals surface area contributed by atoms with Gasteiger partial charge in [0.25, 0.3) is 5.91 Å². The number of carbonyl (C=O) groups excluding carboxylic acids is 1. The first-order valence-electron chi connectivity index (χ1n) is 9.06. The van der Waals surface area contributed by atoms with E-state index < -0.39 is 0 Å². The van der Waals surface area contributed by atoms with Crippen LogP contribution in [0.15, 0.2) is 47.2 Å². The standard InChI is InChI=1S/C20H17N3O2S3/c24-19(15-12-27-18(21-15)17-8-4-10-26-17)23(11-13-5-3-9-25-13)20-22-14-6-1-2-7-16(14)28-20/h1-2,4,6-8,10,12-13H,3,5,9,11H2/t13-/m0/s1. The molecule has 5 rings (SSSR count). The van der Waals surface area contributed by atoms with E-state index in [2.05, 4.69) is 4.98 Å². The second-order valence-corrected chi connectivity index (χ2v) is 9.35. The summed E-state index contributed by atoms with van der Waals surface area (Å²) in [6.07, 6.45) is 2.05. The molecule has 1 atom stereocenters. The van der Waals surface area contributed by atoms with Crippen LogP contribution < -0.4 is 4.90 Å². The van der Waals surface area contributed by atoms with Crippen molar-refractivity contribution < 1.29 is 9.53 Å². The molecule has 3 aromatic heterocycles. The second kappa shape index (κ2) is 7.71. The van der Waals surface area contributed by atoms with Gasteiger partial charge in [0.05, 0.1) is 27.7 Å². The molecule has 0 radical (unpaired) electrons. The Morgan fingerprint density at radius 3 is 2.89 bits per heavy atom. The number of hydrogen-bond donors (Lipinski definition) is 0. The van der Waals surface area contributed by atoms with Crippen molar-refractivity contribution in [2.24, 2.45) is 0 Å². The quantitative estimate of drug-likeness (QED) is 0.433. The smallest absolute Gasteiger partial charge is 0.279 e. The molecule has 28 heavy (non-hydrogen) atoms. The normalized spacial score (nSPS) is 16.6. The van der Waals surface area contributed by atoms with E-state index in [1.165, 1.54) is 22.7 Å². The number of ether oxygens (including phenoxy) is 1. The lowest BCUT2D eigenvalue weighted by Crippen LogP contribution is -2.37. The average Bonchev–Trinajstić information content (AvgIpc) is 3.51. The van der Waals surface area contributed by atoms with Crippen LogP contribution in [0, 0.1) is 0 Å². The van der Waals surface area contributed by atoms with Gasteiger partial charge in [-0.1, -0.05) is 29.5 Å². The molecule has 1 aliphatic rings. The van der Waals surface area contributed by atoms with Gasteiger partial charge in [-0.05, 0) is 36.4 Å². The number of para-hydroxylation sites is 1. The zero-order chi connectivity index (χ0) is 18.9. The number of fused-ring (bicyclic) bond motifs is 1. The van der Waals surface area contributed by atoms with Crippen LogP contribution in [-0.2, 0) is 4.74 Å². The molecule has 0 saturated carbocycles. The van der Waals surface area contributed by atoms with Crippen LogP contribution in [0.25, 0.3) is 20.1 Å². The summed E-state index contributed by atoms with van der Waals surface area (Å²) in [4.78, 5) is 25.5. The monoisotopic (exact) mass is 427 g/mol. The van der Waals surface area contributed by atoms with Gasteiger partial charge in [-0.2, -0.15) is 0 Å². The van der Waals surface area contributed by atoms with Gasteiger partial charge in [0, 0.05) is 12.0 Å². The van der Waals surface area contributed by atoms with Gasteiger partial charge in [0.15, 0.2) is 5.13 Å². The topological polar surface area (TPSA) is 55.3 Å². The van der Waals surface area contributed by atoms with E-state index in [0.29, 0.717) is 17.4 Å². The molecule has 1 saturated heterocycles. The summed E-state index contributed by atoms with van der Waals surface area (Å²) in [7, 11) is 0. The zero-order valence-corrected chi connectivity index (χ0v) is 17.4. The van der Waals surface area contributed by atoms with Crippen LogP contribution in [-0.4, -0.2) is 35.1 Å². The number of hydrogen-bond acceptors (Lipinski definition) is 7. The number of rotatable bonds is 5. The highest BCUT2D eigenvalue weighted by Crippen LogP contribution is 2.32. The lowest BCUT2D eigenvalue weighted by molar-refractivity contribution is 0.0914. The molecular formula is C20H17N3O2S3. The molecule has 142 valence electrons. The Kier molecular flexibility index (Phi) is 4.94. The molecule has 1 aliphatic heterocycles. The molecule has 0 aliphatic carbocycles. The van der Waals surface area contributed by atoms with Crippen LogP contribution in [0.4, 0.5) is 5.13 Å². The van der Waals surface area contributed by atoms with Crippen molar-refractivity contribution in [3.05, 3.63) is 52.9 Å². The van der Waals surface area contributed by atoms with E-state index in [1.807, 2.05) is 47.2 Å². The molecule has 1 aromatic carbocycles. The van der Waals surface area contributed by atoms with Crippen molar-refractivity contribution in [2.75, 3.05) is 18.1 Å². The van der Waals surface area contributed by atoms with E-state index >= 15 is 0 Å². The van der Waals surface area contributed by atoms with Crippen molar-refractivity contribution in [1.29, 1.82) is 0 Å². The van der Waals surface area contributed by atoms with Gasteiger partial charge in [0.1, 0.15) is 10.7 Å². The molecule has 0 N–H and O–H groups in total. The predicted molar refractivity (Wildman–Crippen MR) is 116 cm³/mol. The fraction of sp³-hybridized carbons (Fsp3) is 0.250. The first-order chi connectivity index (χ1) is 13.8. The highest BCUT2D eigenvalue weighted by atomic mass is 32.1. The van der Waals surface area contributed by atoms with Gasteiger partial charge in [-0.3, -0.25) is 9.69 Å². The van der Waals surface area contributed by atoms with Crippen LogP contribution in [0.3, 0.4) is 0 Å². The van der Waals surface area contributed by atoms with Crippen molar-refractivity contribution in [2.45, 2.75) is 18.9 Å². The third-order valence-corrected chi connectivity index (χ3v) is 7.56. The molecule has 1 fully saturated rings. The fourth-order valence-corrected chi connectivity index (χ4v) is 5.82. The van der Waals surface area contributed by atoms with Crippen LogP contribution in [0.5, 0.6) is 0 Å². The van der Waals surface area contributed by atoms with Crippen molar-refractivity contribution >= 4 is 55.3 Å². The van der Waals surface area contributed by atoms with E-state index in [4.69, 9.17) is 9.72 Å². The Bertz CT molecular complexity index is 1060. The minimum Gasteiger partial charge on any atom is -0.376 e. The summed E-state index contributed by atoms with van der Waals surface area (Å²) in [6.45, 7) is 1.26. The number of aromatic nitrogens is 2. The van der Waals surface area contributed by atoms with Gasteiger partial charge < -0.3 is 4.74 Å². The highest BCUT2D eigenvalue weighted by molar-refractivity contribution is 7.22. The predicted octanol–water partition coefficient (Wildman–Crippen LogP) is 5.31. The summed E-state index contributed by atoms with van der Waals surface area (Å²) < 4.78 is 6.87. The molecule has 0 spiro atoms. The maximum absolute atomic E-state index is 13.4. The van der Waals surface area contributed by atoms with Crippen LogP contribution in [0.2, 0.25) is 0 Å². The minimum absolute atomic E-state index is 0.0476. The van der Waals surface area contributed by atoms with E-state index in [9.17, 15) is 4.79 Å². The van der Waals surface area contributed by atoms with E-state index in [-0.39, 0.29) is 12.0 Å². The molecule has 1 amide bonds. The van der Waals surface area contributed by atoms with Crippen LogP contribution >= 0.6 is 34.0 Å². The fourth-order valence-electron chi connectivity index (χ4n) is 3.24. The zero-order valence-electron chi connectivity index (χ0n) is 14.9. The lowest BCUT2D eigenvalue weighted by atomic mass is 10.2. The highest BCUT2D eigenvalue weighted by Gasteiger charge is 2.28. The van der Waals surface area contributed by atoms with Gasteiger partial charge >= 0.3 is 0 Å². The molecule has 4 aromatic rings. The third-order valence-electron chi connectivity index (χ3n) is 4.62. The summed E-state index contributed by atoms with van der Waals surface area (Å²) in [5.41, 5.74) is 1.37. The lowest BCUT2D eigenvalue weighted by Gasteiger charge is -2.22. The Balaban J connectivity index is 1.49. The Labute approximate surface area is 174 Å². The number of thiophene rings is 1. The van der Waals surface area contributed by atoms with Gasteiger partial charge in [-0.25, -0.2) is 9.97 Å². The molecule has 0 unspecified atom stereocenters. The van der Waals surface area contributed by atoms with Crippen molar-refractivity contribution in [3.8, 4) is 9.88 Å². The Morgan fingerprint density at radius 2 is 2.11 bits per heavy atom. The largest absolute Gasteiger partial charge is 0.376 e. The van der Waals surface area contributed by atoms with Crippen molar-refractivity contribution in [1.82, 2.24) is 9.97 Å². The average molecular weight is 428 g/mol. The number of nitrogens with zero attached hydrogens (tertiary/aromatic N) is 3. The summed E-state index contributed by atoms with van der Waals surface area (Å²) in [5, 5.41) is 5.43. The number of anilines is 1. The maximum Gasteiger partial charge on any atom is 0.279 e. The third kappa shape index (κ3) is 3.48. The number of carbonyl (C=O) groups is 1. The van der Waals surface area contributed by atoms with Gasteiger partial charge in [-0.15, -0.1) is 22.7 Å². The molecule has 5 nitrogen and oxygen atoms in total. The summed E-state index contributed by atoms with van der Waals surface area (Å²) in [6, 6.07) is 12.0.